The van der Waals surface area contributed by atoms with Crippen molar-refractivity contribution >= 4 is 11.7 Å². The molecule has 0 atom stereocenters. The largest absolute Gasteiger partial charge is 0.457 e. The maximum absolute atomic E-state index is 12.0. The fourth-order valence-corrected chi connectivity index (χ4v) is 2.25. The molecule has 1 heterocycles. The van der Waals surface area contributed by atoms with Crippen molar-refractivity contribution in [2.75, 3.05) is 6.79 Å². The Balaban J connectivity index is 1.67. The molecule has 0 fully saturated rings. The number of fused-ring (bicyclic) bond motifs is 1. The number of hydrogen-bond acceptors (Lipinski definition) is 6. The zero-order valence-electron chi connectivity index (χ0n) is 12.3. The summed E-state index contributed by atoms with van der Waals surface area (Å²) < 4.78 is 15.7. The third-order valence-electron chi connectivity index (χ3n) is 3.44. The first-order valence-electron chi connectivity index (χ1n) is 6.85. The van der Waals surface area contributed by atoms with E-state index in [0.29, 0.717) is 17.1 Å². The van der Waals surface area contributed by atoms with Crippen molar-refractivity contribution in [3.05, 3.63) is 63.2 Å². The highest BCUT2D eigenvalue weighted by Gasteiger charge is 2.16. The van der Waals surface area contributed by atoms with Crippen molar-refractivity contribution in [3.63, 3.8) is 0 Å². The van der Waals surface area contributed by atoms with Crippen LogP contribution in [0.3, 0.4) is 0 Å². The third kappa shape index (κ3) is 3.08. The standard InChI is InChI=1S/C16H13NO6/c1-10-6-12(3-4-13(10)17(19)20)16(18)21-8-11-2-5-14-15(7-11)23-9-22-14/h2-7H,8-9H2,1H3. The minimum absolute atomic E-state index is 0.0303. The Morgan fingerprint density at radius 2 is 2.00 bits per heavy atom. The maximum atomic E-state index is 12.0. The van der Waals surface area contributed by atoms with Crippen LogP contribution in [-0.4, -0.2) is 17.7 Å². The van der Waals surface area contributed by atoms with Gasteiger partial charge in [0.15, 0.2) is 11.5 Å². The molecule has 118 valence electrons. The number of carbonyl (C=O) groups is 1. The number of nitro groups is 1. The van der Waals surface area contributed by atoms with E-state index in [1.54, 1.807) is 25.1 Å². The Hall–Kier alpha value is -3.09. The zero-order chi connectivity index (χ0) is 16.4. The van der Waals surface area contributed by atoms with Crippen LogP contribution in [0.15, 0.2) is 36.4 Å². The van der Waals surface area contributed by atoms with Gasteiger partial charge in [-0.1, -0.05) is 6.07 Å². The Labute approximate surface area is 131 Å². The van der Waals surface area contributed by atoms with Gasteiger partial charge in [0.2, 0.25) is 6.79 Å². The van der Waals surface area contributed by atoms with Gasteiger partial charge in [-0.15, -0.1) is 0 Å². The second-order valence-electron chi connectivity index (χ2n) is 5.02. The number of rotatable bonds is 4. The number of esters is 1. The molecular weight excluding hydrogens is 302 g/mol. The lowest BCUT2D eigenvalue weighted by Crippen LogP contribution is -2.06. The van der Waals surface area contributed by atoms with Gasteiger partial charge in [-0.2, -0.15) is 0 Å². The fourth-order valence-electron chi connectivity index (χ4n) is 2.25. The average molecular weight is 315 g/mol. The molecule has 0 radical (unpaired) electrons. The van der Waals surface area contributed by atoms with Crippen molar-refractivity contribution in [2.24, 2.45) is 0 Å². The van der Waals surface area contributed by atoms with Crippen molar-refractivity contribution in [1.82, 2.24) is 0 Å². The molecule has 0 amide bonds. The normalized spacial score (nSPS) is 12.0. The number of ether oxygens (including phenoxy) is 3. The molecule has 0 aliphatic carbocycles. The molecule has 3 rings (SSSR count). The van der Waals surface area contributed by atoms with Crippen LogP contribution in [0.5, 0.6) is 11.5 Å². The van der Waals surface area contributed by atoms with Gasteiger partial charge in [-0.25, -0.2) is 4.79 Å². The van der Waals surface area contributed by atoms with Crippen molar-refractivity contribution in [2.45, 2.75) is 13.5 Å². The van der Waals surface area contributed by atoms with Crippen molar-refractivity contribution < 1.29 is 23.9 Å². The number of nitro benzene ring substituents is 1. The van der Waals surface area contributed by atoms with Gasteiger partial charge in [-0.3, -0.25) is 10.1 Å². The number of carbonyl (C=O) groups excluding carboxylic acids is 1. The molecular formula is C16H13NO6. The van der Waals surface area contributed by atoms with Crippen LogP contribution in [0.1, 0.15) is 21.5 Å². The van der Waals surface area contributed by atoms with Gasteiger partial charge < -0.3 is 14.2 Å². The van der Waals surface area contributed by atoms with Gasteiger partial charge in [0.25, 0.3) is 5.69 Å². The van der Waals surface area contributed by atoms with E-state index >= 15 is 0 Å². The van der Waals surface area contributed by atoms with Gasteiger partial charge >= 0.3 is 5.97 Å². The molecule has 23 heavy (non-hydrogen) atoms. The van der Waals surface area contributed by atoms with Crippen LogP contribution in [-0.2, 0) is 11.3 Å². The number of hydrogen-bond donors (Lipinski definition) is 0. The highest BCUT2D eigenvalue weighted by Crippen LogP contribution is 2.32. The maximum Gasteiger partial charge on any atom is 0.338 e. The summed E-state index contributed by atoms with van der Waals surface area (Å²) in [5, 5.41) is 10.8. The molecule has 0 bridgehead atoms. The van der Waals surface area contributed by atoms with Crippen molar-refractivity contribution in [1.29, 1.82) is 0 Å². The topological polar surface area (TPSA) is 87.9 Å². The Morgan fingerprint density at radius 1 is 1.22 bits per heavy atom. The highest BCUT2D eigenvalue weighted by molar-refractivity contribution is 5.90. The van der Waals surface area contributed by atoms with Gasteiger partial charge in [0, 0.05) is 11.6 Å². The zero-order valence-corrected chi connectivity index (χ0v) is 12.3. The first-order valence-corrected chi connectivity index (χ1v) is 6.85. The molecule has 0 saturated heterocycles. The Bertz CT molecular complexity index is 786. The Morgan fingerprint density at radius 3 is 2.74 bits per heavy atom. The lowest BCUT2D eigenvalue weighted by molar-refractivity contribution is -0.385. The van der Waals surface area contributed by atoms with Crippen LogP contribution in [0.2, 0.25) is 0 Å². The number of nitrogens with zero attached hydrogens (tertiary/aromatic N) is 1. The molecule has 0 spiro atoms. The molecule has 0 aromatic heterocycles. The molecule has 7 nitrogen and oxygen atoms in total. The minimum Gasteiger partial charge on any atom is -0.457 e. The summed E-state index contributed by atoms with van der Waals surface area (Å²) in [6.45, 7) is 1.83. The first-order chi connectivity index (χ1) is 11.0. The summed E-state index contributed by atoms with van der Waals surface area (Å²) in [5.41, 5.74) is 1.42. The van der Waals surface area contributed by atoms with Crippen molar-refractivity contribution in [3.8, 4) is 11.5 Å². The first kappa shape index (κ1) is 14.8. The van der Waals surface area contributed by atoms with E-state index in [9.17, 15) is 14.9 Å². The quantitative estimate of drug-likeness (QED) is 0.489. The second-order valence-corrected chi connectivity index (χ2v) is 5.02. The molecule has 1 aliphatic rings. The summed E-state index contributed by atoms with van der Waals surface area (Å²) in [6, 6.07) is 9.40. The lowest BCUT2D eigenvalue weighted by atomic mass is 10.1. The number of aryl methyl sites for hydroxylation is 1. The molecule has 0 unspecified atom stereocenters. The summed E-state index contributed by atoms with van der Waals surface area (Å²) >= 11 is 0. The average Bonchev–Trinajstić information content (AvgIpc) is 2.99. The van der Waals surface area contributed by atoms with E-state index in [4.69, 9.17) is 14.2 Å². The van der Waals surface area contributed by atoms with Gasteiger partial charge in [-0.05, 0) is 36.8 Å². The smallest absolute Gasteiger partial charge is 0.338 e. The molecule has 1 aliphatic heterocycles. The molecule has 2 aromatic rings. The second kappa shape index (κ2) is 5.96. The molecule has 2 aromatic carbocycles. The number of benzene rings is 2. The SMILES string of the molecule is Cc1cc(C(=O)OCc2ccc3c(c2)OCO3)ccc1[N+](=O)[O-]. The fraction of sp³-hybridized carbons (Fsp3) is 0.188. The van der Waals surface area contributed by atoms with Crippen LogP contribution in [0, 0.1) is 17.0 Å². The summed E-state index contributed by atoms with van der Waals surface area (Å²) in [5.74, 6) is 0.733. The van der Waals surface area contributed by atoms with Crippen LogP contribution < -0.4 is 9.47 Å². The van der Waals surface area contributed by atoms with Crippen LogP contribution in [0.4, 0.5) is 5.69 Å². The van der Waals surface area contributed by atoms with Crippen LogP contribution in [0.25, 0.3) is 0 Å². The summed E-state index contributed by atoms with van der Waals surface area (Å²) in [6.07, 6.45) is 0. The monoisotopic (exact) mass is 315 g/mol. The third-order valence-corrected chi connectivity index (χ3v) is 3.44. The van der Waals surface area contributed by atoms with Gasteiger partial charge in [0.05, 0.1) is 10.5 Å². The summed E-state index contributed by atoms with van der Waals surface area (Å²) in [7, 11) is 0. The molecule has 0 saturated carbocycles. The van der Waals surface area contributed by atoms with E-state index in [0.717, 1.165) is 5.56 Å². The van der Waals surface area contributed by atoms with Crippen LogP contribution >= 0.6 is 0 Å². The highest BCUT2D eigenvalue weighted by atomic mass is 16.7. The van der Waals surface area contributed by atoms with E-state index in [2.05, 4.69) is 0 Å². The van der Waals surface area contributed by atoms with E-state index in [1.165, 1.54) is 18.2 Å². The van der Waals surface area contributed by atoms with E-state index < -0.39 is 10.9 Å². The minimum atomic E-state index is -0.541. The lowest BCUT2D eigenvalue weighted by Gasteiger charge is -2.06. The molecule has 7 heteroatoms. The van der Waals surface area contributed by atoms with Gasteiger partial charge in [0.1, 0.15) is 6.61 Å². The summed E-state index contributed by atoms with van der Waals surface area (Å²) in [4.78, 5) is 22.3. The predicted molar refractivity (Wildman–Crippen MR) is 79.5 cm³/mol. The van der Waals surface area contributed by atoms with E-state index in [-0.39, 0.29) is 24.7 Å². The molecule has 0 N–H and O–H groups in total. The van der Waals surface area contributed by atoms with E-state index in [1.807, 2.05) is 0 Å². The Kier molecular flexibility index (Phi) is 3.84. The predicted octanol–water partition coefficient (Wildman–Crippen LogP) is 2.99.